The second kappa shape index (κ2) is 6.72. The predicted molar refractivity (Wildman–Crippen MR) is 79.6 cm³/mol. The molecule has 0 aromatic heterocycles. The van der Waals surface area contributed by atoms with Crippen molar-refractivity contribution in [2.45, 2.75) is 38.9 Å². The molecule has 1 N–H and O–H groups in total. The summed E-state index contributed by atoms with van der Waals surface area (Å²) in [6.07, 6.45) is 0.652. The van der Waals surface area contributed by atoms with E-state index in [-0.39, 0.29) is 24.5 Å². The first kappa shape index (κ1) is 15.5. The maximum Gasteiger partial charge on any atom is 0.325 e. The third kappa shape index (κ3) is 3.61. The van der Waals surface area contributed by atoms with Crippen LogP contribution < -0.4 is 5.32 Å². The first-order valence-corrected chi connectivity index (χ1v) is 7.20. The minimum Gasteiger partial charge on any atom is -0.468 e. The van der Waals surface area contributed by atoms with Gasteiger partial charge in [0.1, 0.15) is 6.54 Å². The summed E-state index contributed by atoms with van der Waals surface area (Å²) in [6, 6.07) is 7.78. The average Bonchev–Trinajstić information content (AvgIpc) is 2.50. The molecule has 0 saturated carbocycles. The highest BCUT2D eigenvalue weighted by Crippen LogP contribution is 2.18. The van der Waals surface area contributed by atoms with Gasteiger partial charge in [-0.05, 0) is 31.4 Å². The molecule has 1 heterocycles. The van der Waals surface area contributed by atoms with Gasteiger partial charge in [0, 0.05) is 12.6 Å². The summed E-state index contributed by atoms with van der Waals surface area (Å²) in [5.74, 6) is -0.446. The number of ether oxygens (including phenoxy) is 1. The second-order valence-electron chi connectivity index (χ2n) is 5.54. The minimum atomic E-state index is -0.395. The van der Waals surface area contributed by atoms with Crippen LogP contribution in [0.3, 0.4) is 0 Å². The molecule has 1 aliphatic rings. The molecule has 5 heteroatoms. The molecule has 2 rings (SSSR count). The topological polar surface area (TPSA) is 58.6 Å². The Bertz CT molecular complexity index is 528. The fraction of sp³-hybridized carbons (Fsp3) is 0.500. The van der Waals surface area contributed by atoms with E-state index in [9.17, 15) is 9.59 Å². The first-order chi connectivity index (χ1) is 10.0. The molecule has 21 heavy (non-hydrogen) atoms. The lowest BCUT2D eigenvalue weighted by molar-refractivity contribution is -0.149. The van der Waals surface area contributed by atoms with Crippen LogP contribution in [0.2, 0.25) is 0 Å². The number of fused-ring (bicyclic) bond motifs is 1. The van der Waals surface area contributed by atoms with Crippen molar-refractivity contribution in [3.63, 3.8) is 0 Å². The Hall–Kier alpha value is -1.88. The van der Waals surface area contributed by atoms with Gasteiger partial charge in [0.15, 0.2) is 0 Å². The molecule has 0 saturated heterocycles. The summed E-state index contributed by atoms with van der Waals surface area (Å²) in [5.41, 5.74) is 2.42. The summed E-state index contributed by atoms with van der Waals surface area (Å²) in [4.78, 5) is 25.7. The summed E-state index contributed by atoms with van der Waals surface area (Å²) >= 11 is 0. The highest BCUT2D eigenvalue weighted by Gasteiger charge is 2.30. The molecule has 0 fully saturated rings. The van der Waals surface area contributed by atoms with E-state index in [1.165, 1.54) is 18.2 Å². The van der Waals surface area contributed by atoms with Gasteiger partial charge < -0.3 is 15.0 Å². The van der Waals surface area contributed by atoms with Crippen LogP contribution in [0.5, 0.6) is 0 Å². The Morgan fingerprint density at radius 1 is 1.33 bits per heavy atom. The van der Waals surface area contributed by atoms with Crippen LogP contribution in [-0.2, 0) is 27.3 Å². The monoisotopic (exact) mass is 290 g/mol. The van der Waals surface area contributed by atoms with Gasteiger partial charge in [-0.3, -0.25) is 9.59 Å². The number of methoxy groups -OCH3 is 1. The summed E-state index contributed by atoms with van der Waals surface area (Å²) in [6.45, 7) is 4.47. The van der Waals surface area contributed by atoms with E-state index in [4.69, 9.17) is 0 Å². The lowest BCUT2D eigenvalue weighted by Gasteiger charge is -2.32. The lowest BCUT2D eigenvalue weighted by atomic mass is 9.95. The number of esters is 1. The zero-order chi connectivity index (χ0) is 15.4. The smallest absolute Gasteiger partial charge is 0.325 e. The maximum absolute atomic E-state index is 12.7. The van der Waals surface area contributed by atoms with Crippen molar-refractivity contribution in [1.82, 2.24) is 10.2 Å². The van der Waals surface area contributed by atoms with E-state index in [0.29, 0.717) is 13.0 Å². The number of nitrogens with one attached hydrogen (secondary N) is 1. The number of hydrogen-bond acceptors (Lipinski definition) is 4. The SMILES string of the molecule is COC(=O)CN(C(=O)[C@@H]1Cc2ccccc2CN1)C(C)C. The van der Waals surface area contributed by atoms with Gasteiger partial charge in [0.2, 0.25) is 5.91 Å². The zero-order valence-corrected chi connectivity index (χ0v) is 12.8. The van der Waals surface area contributed by atoms with Crippen LogP contribution in [0.25, 0.3) is 0 Å². The summed E-state index contributed by atoms with van der Waals surface area (Å²) in [5, 5.41) is 3.26. The van der Waals surface area contributed by atoms with E-state index >= 15 is 0 Å². The van der Waals surface area contributed by atoms with Crippen molar-refractivity contribution in [2.24, 2.45) is 0 Å². The van der Waals surface area contributed by atoms with Gasteiger partial charge in [0.05, 0.1) is 13.2 Å². The molecule has 114 valence electrons. The molecule has 0 bridgehead atoms. The third-order valence-electron chi connectivity index (χ3n) is 3.81. The van der Waals surface area contributed by atoms with Crippen LogP contribution in [-0.4, -0.2) is 42.5 Å². The normalized spacial score (nSPS) is 17.2. The Morgan fingerprint density at radius 3 is 2.62 bits per heavy atom. The minimum absolute atomic E-state index is 0.00712. The number of carbonyl (C=O) groups is 2. The van der Waals surface area contributed by atoms with Gasteiger partial charge in [-0.1, -0.05) is 24.3 Å². The highest BCUT2D eigenvalue weighted by atomic mass is 16.5. The molecule has 0 aliphatic carbocycles. The largest absolute Gasteiger partial charge is 0.468 e. The van der Waals surface area contributed by atoms with Crippen molar-refractivity contribution in [2.75, 3.05) is 13.7 Å². The molecule has 0 unspecified atom stereocenters. The number of hydrogen-bond donors (Lipinski definition) is 1. The summed E-state index contributed by atoms with van der Waals surface area (Å²) in [7, 11) is 1.33. The van der Waals surface area contributed by atoms with E-state index in [0.717, 1.165) is 0 Å². The Balaban J connectivity index is 2.10. The molecule has 1 atom stereocenters. The average molecular weight is 290 g/mol. The van der Waals surface area contributed by atoms with Crippen LogP contribution in [0, 0.1) is 0 Å². The van der Waals surface area contributed by atoms with Crippen molar-refractivity contribution in [3.8, 4) is 0 Å². The number of nitrogens with zero attached hydrogens (tertiary/aromatic N) is 1. The Kier molecular flexibility index (Phi) is 4.96. The fourth-order valence-corrected chi connectivity index (χ4v) is 2.55. The molecule has 1 aliphatic heterocycles. The molecular weight excluding hydrogens is 268 g/mol. The Morgan fingerprint density at radius 2 is 2.00 bits per heavy atom. The predicted octanol–water partition coefficient (Wildman–Crippen LogP) is 1.11. The van der Waals surface area contributed by atoms with Crippen LogP contribution in [0.4, 0.5) is 0 Å². The number of amides is 1. The molecule has 5 nitrogen and oxygen atoms in total. The number of carbonyl (C=O) groups excluding carboxylic acids is 2. The zero-order valence-electron chi connectivity index (χ0n) is 12.8. The van der Waals surface area contributed by atoms with Crippen molar-refractivity contribution < 1.29 is 14.3 Å². The van der Waals surface area contributed by atoms with E-state index in [2.05, 4.69) is 22.2 Å². The van der Waals surface area contributed by atoms with Crippen LogP contribution >= 0.6 is 0 Å². The van der Waals surface area contributed by atoms with Gasteiger partial charge in [-0.15, -0.1) is 0 Å². The highest BCUT2D eigenvalue weighted by molar-refractivity contribution is 5.86. The quantitative estimate of drug-likeness (QED) is 0.844. The lowest BCUT2D eigenvalue weighted by Crippen LogP contribution is -2.52. The summed E-state index contributed by atoms with van der Waals surface area (Å²) < 4.78 is 4.67. The molecular formula is C16H22N2O3. The van der Waals surface area contributed by atoms with Crippen molar-refractivity contribution in [1.29, 1.82) is 0 Å². The second-order valence-corrected chi connectivity index (χ2v) is 5.54. The van der Waals surface area contributed by atoms with E-state index < -0.39 is 5.97 Å². The maximum atomic E-state index is 12.7. The molecule has 1 amide bonds. The Labute approximate surface area is 125 Å². The van der Waals surface area contributed by atoms with Crippen molar-refractivity contribution >= 4 is 11.9 Å². The molecule has 1 aromatic carbocycles. The van der Waals surface area contributed by atoms with E-state index in [1.54, 1.807) is 4.90 Å². The van der Waals surface area contributed by atoms with Crippen LogP contribution in [0.15, 0.2) is 24.3 Å². The van der Waals surface area contributed by atoms with Gasteiger partial charge in [0.25, 0.3) is 0 Å². The number of benzene rings is 1. The van der Waals surface area contributed by atoms with Gasteiger partial charge in [-0.2, -0.15) is 0 Å². The van der Waals surface area contributed by atoms with E-state index in [1.807, 2.05) is 26.0 Å². The van der Waals surface area contributed by atoms with Gasteiger partial charge >= 0.3 is 5.97 Å². The number of rotatable bonds is 4. The molecule has 1 aromatic rings. The van der Waals surface area contributed by atoms with Crippen LogP contribution in [0.1, 0.15) is 25.0 Å². The van der Waals surface area contributed by atoms with Crippen molar-refractivity contribution in [3.05, 3.63) is 35.4 Å². The molecule has 0 spiro atoms. The standard InChI is InChI=1S/C16H22N2O3/c1-11(2)18(10-15(19)21-3)16(20)14-8-12-6-4-5-7-13(12)9-17-14/h4-7,11,14,17H,8-10H2,1-3H3/t14-/m0/s1. The van der Waals surface area contributed by atoms with Gasteiger partial charge in [-0.25, -0.2) is 0 Å². The first-order valence-electron chi connectivity index (χ1n) is 7.20. The molecule has 0 radical (unpaired) electrons. The fourth-order valence-electron chi connectivity index (χ4n) is 2.55. The third-order valence-corrected chi connectivity index (χ3v) is 3.81.